The largest absolute Gasteiger partial charge is 0.496 e. The third-order valence-electron chi connectivity index (χ3n) is 5.73. The summed E-state index contributed by atoms with van der Waals surface area (Å²) in [7, 11) is 3.65. The summed E-state index contributed by atoms with van der Waals surface area (Å²) in [5.41, 5.74) is 3.51. The highest BCUT2D eigenvalue weighted by molar-refractivity contribution is 5.86. The Labute approximate surface area is 176 Å². The van der Waals surface area contributed by atoms with Crippen molar-refractivity contribution in [1.82, 2.24) is 14.9 Å². The SMILES string of the molecule is COc1ccccc1-c1cnc2n1C=CC(C)(C(=O)NCc1cc(C)cc[n+]1C)C2. The number of carbonyl (C=O) groups is 1. The Bertz CT molecular complexity index is 1130. The van der Waals surface area contributed by atoms with Gasteiger partial charge in [0, 0.05) is 30.3 Å². The van der Waals surface area contributed by atoms with E-state index < -0.39 is 5.41 Å². The first-order valence-corrected chi connectivity index (χ1v) is 10.0. The predicted molar refractivity (Wildman–Crippen MR) is 116 cm³/mol. The second-order valence-corrected chi connectivity index (χ2v) is 8.03. The van der Waals surface area contributed by atoms with E-state index in [0.717, 1.165) is 28.5 Å². The fourth-order valence-corrected chi connectivity index (χ4v) is 3.82. The van der Waals surface area contributed by atoms with Crippen LogP contribution in [0.3, 0.4) is 0 Å². The number of fused-ring (bicyclic) bond motifs is 1. The molecule has 0 saturated carbocycles. The Morgan fingerprint density at radius 2 is 2.13 bits per heavy atom. The molecule has 3 aromatic rings. The minimum absolute atomic E-state index is 0.00616. The molecule has 0 radical (unpaired) electrons. The van der Waals surface area contributed by atoms with Crippen LogP contribution in [0.25, 0.3) is 17.5 Å². The number of imidazole rings is 1. The van der Waals surface area contributed by atoms with Crippen molar-refractivity contribution in [1.29, 1.82) is 0 Å². The van der Waals surface area contributed by atoms with E-state index >= 15 is 0 Å². The first kappa shape index (κ1) is 19.9. The molecule has 1 aromatic carbocycles. The number of pyridine rings is 1. The lowest BCUT2D eigenvalue weighted by molar-refractivity contribution is -0.679. The molecule has 0 saturated heterocycles. The molecule has 0 spiro atoms. The maximum absolute atomic E-state index is 13.0. The van der Waals surface area contributed by atoms with Crippen LogP contribution in [0, 0.1) is 12.3 Å². The lowest BCUT2D eigenvalue weighted by Gasteiger charge is -2.28. The van der Waals surface area contributed by atoms with Crippen molar-refractivity contribution < 1.29 is 14.1 Å². The van der Waals surface area contributed by atoms with Crippen molar-refractivity contribution >= 4 is 12.1 Å². The first-order valence-electron chi connectivity index (χ1n) is 10.0. The highest BCUT2D eigenvalue weighted by Gasteiger charge is 2.35. The lowest BCUT2D eigenvalue weighted by atomic mass is 9.83. The molecule has 3 heterocycles. The van der Waals surface area contributed by atoms with Gasteiger partial charge in [0.1, 0.15) is 25.2 Å². The molecular weight excluding hydrogens is 376 g/mol. The molecule has 4 rings (SSSR count). The number of para-hydroxylation sites is 1. The maximum Gasteiger partial charge on any atom is 0.230 e. The highest BCUT2D eigenvalue weighted by atomic mass is 16.5. The summed E-state index contributed by atoms with van der Waals surface area (Å²) in [6.07, 6.45) is 8.29. The van der Waals surface area contributed by atoms with Gasteiger partial charge in [-0.25, -0.2) is 9.55 Å². The van der Waals surface area contributed by atoms with Crippen LogP contribution in [0.1, 0.15) is 24.0 Å². The Balaban J connectivity index is 1.54. The molecule has 0 bridgehead atoms. The zero-order valence-corrected chi connectivity index (χ0v) is 17.8. The molecule has 0 aliphatic carbocycles. The quantitative estimate of drug-likeness (QED) is 0.666. The van der Waals surface area contributed by atoms with Gasteiger partial charge in [0.2, 0.25) is 11.6 Å². The fraction of sp³-hybridized carbons (Fsp3) is 0.292. The molecule has 1 N–H and O–H groups in total. The number of aryl methyl sites for hydroxylation is 2. The number of benzene rings is 1. The van der Waals surface area contributed by atoms with Crippen molar-refractivity contribution in [3.8, 4) is 17.0 Å². The summed E-state index contributed by atoms with van der Waals surface area (Å²) in [5.74, 6) is 1.65. The summed E-state index contributed by atoms with van der Waals surface area (Å²) in [5, 5.41) is 3.10. The summed E-state index contributed by atoms with van der Waals surface area (Å²) in [4.78, 5) is 17.7. The number of hydrogen-bond donors (Lipinski definition) is 1. The number of hydrogen-bond acceptors (Lipinski definition) is 3. The van der Waals surface area contributed by atoms with E-state index in [2.05, 4.69) is 29.4 Å². The monoisotopic (exact) mass is 403 g/mol. The molecule has 1 atom stereocenters. The Kier molecular flexibility index (Phi) is 5.16. The number of nitrogens with one attached hydrogen (secondary N) is 1. The molecule has 1 aliphatic heterocycles. The number of carbonyl (C=O) groups excluding carboxylic acids is 1. The van der Waals surface area contributed by atoms with E-state index in [0.29, 0.717) is 13.0 Å². The second-order valence-electron chi connectivity index (χ2n) is 8.03. The predicted octanol–water partition coefficient (Wildman–Crippen LogP) is 3.04. The van der Waals surface area contributed by atoms with Gasteiger partial charge in [-0.05, 0) is 31.5 Å². The van der Waals surface area contributed by atoms with Gasteiger partial charge in [-0.3, -0.25) is 4.79 Å². The van der Waals surface area contributed by atoms with Gasteiger partial charge in [-0.2, -0.15) is 0 Å². The molecule has 6 heteroatoms. The molecule has 1 amide bonds. The third kappa shape index (κ3) is 3.61. The van der Waals surface area contributed by atoms with Crippen molar-refractivity contribution in [3.63, 3.8) is 0 Å². The van der Waals surface area contributed by atoms with E-state index in [4.69, 9.17) is 4.74 Å². The maximum atomic E-state index is 13.0. The minimum Gasteiger partial charge on any atom is -0.496 e. The molecule has 1 unspecified atom stereocenters. The normalized spacial score (nSPS) is 17.5. The molecule has 30 heavy (non-hydrogen) atoms. The second kappa shape index (κ2) is 7.78. The van der Waals surface area contributed by atoms with Crippen LogP contribution >= 0.6 is 0 Å². The van der Waals surface area contributed by atoms with Crippen LogP contribution < -0.4 is 14.6 Å². The van der Waals surface area contributed by atoms with E-state index in [1.165, 1.54) is 5.56 Å². The van der Waals surface area contributed by atoms with Crippen LogP contribution in [0.2, 0.25) is 0 Å². The van der Waals surface area contributed by atoms with Gasteiger partial charge in [-0.15, -0.1) is 0 Å². The average molecular weight is 404 g/mol. The number of aromatic nitrogens is 3. The van der Waals surface area contributed by atoms with Crippen molar-refractivity contribution in [2.24, 2.45) is 12.5 Å². The minimum atomic E-state index is -0.651. The average Bonchev–Trinajstić information content (AvgIpc) is 3.16. The molecule has 2 aromatic heterocycles. The number of methoxy groups -OCH3 is 1. The van der Waals surface area contributed by atoms with Gasteiger partial charge >= 0.3 is 0 Å². The number of amides is 1. The standard InChI is InChI=1S/C24H26N4O2/c1-17-9-11-27(3)18(13-17)15-26-23(29)24(2)10-12-28-20(16-25-22(28)14-24)19-7-5-6-8-21(19)30-4/h5-13,16H,14-15H2,1-4H3/p+1. The van der Waals surface area contributed by atoms with Crippen LogP contribution in [-0.4, -0.2) is 22.6 Å². The van der Waals surface area contributed by atoms with Crippen molar-refractivity contribution in [2.45, 2.75) is 26.8 Å². The number of nitrogens with zero attached hydrogens (tertiary/aromatic N) is 3. The summed E-state index contributed by atoms with van der Waals surface area (Å²) in [6.45, 7) is 4.49. The Morgan fingerprint density at radius 3 is 2.93 bits per heavy atom. The first-order chi connectivity index (χ1) is 14.4. The molecular formula is C24H27N4O2+. The number of rotatable bonds is 5. The van der Waals surface area contributed by atoms with Crippen LogP contribution in [0.15, 0.2) is 54.9 Å². The van der Waals surface area contributed by atoms with Gasteiger partial charge < -0.3 is 14.6 Å². The van der Waals surface area contributed by atoms with Crippen molar-refractivity contribution in [2.75, 3.05) is 7.11 Å². The zero-order valence-electron chi connectivity index (χ0n) is 17.8. The molecule has 1 aliphatic rings. The van der Waals surface area contributed by atoms with Gasteiger partial charge in [0.15, 0.2) is 6.20 Å². The van der Waals surface area contributed by atoms with E-state index in [1.54, 1.807) is 7.11 Å². The Hall–Kier alpha value is -3.41. The van der Waals surface area contributed by atoms with Crippen LogP contribution in [0.5, 0.6) is 5.75 Å². The summed E-state index contributed by atoms with van der Waals surface area (Å²) in [6, 6.07) is 12.0. The fourth-order valence-electron chi connectivity index (χ4n) is 3.82. The number of ether oxygens (including phenoxy) is 1. The topological polar surface area (TPSA) is 60.0 Å². The molecule has 6 nitrogen and oxygen atoms in total. The molecule has 0 fully saturated rings. The highest BCUT2D eigenvalue weighted by Crippen LogP contribution is 2.35. The lowest BCUT2D eigenvalue weighted by Crippen LogP contribution is -2.43. The zero-order chi connectivity index (χ0) is 21.3. The van der Waals surface area contributed by atoms with E-state index in [-0.39, 0.29) is 5.91 Å². The smallest absolute Gasteiger partial charge is 0.230 e. The summed E-state index contributed by atoms with van der Waals surface area (Å²) >= 11 is 0. The van der Waals surface area contributed by atoms with Gasteiger partial charge in [0.05, 0.1) is 24.4 Å². The van der Waals surface area contributed by atoms with E-state index in [9.17, 15) is 4.79 Å². The van der Waals surface area contributed by atoms with Crippen LogP contribution in [0.4, 0.5) is 0 Å². The van der Waals surface area contributed by atoms with Crippen LogP contribution in [-0.2, 0) is 24.8 Å². The molecule has 154 valence electrons. The van der Waals surface area contributed by atoms with Gasteiger partial charge in [-0.1, -0.05) is 18.2 Å². The Morgan fingerprint density at radius 1 is 1.33 bits per heavy atom. The third-order valence-corrected chi connectivity index (χ3v) is 5.73. The summed E-state index contributed by atoms with van der Waals surface area (Å²) < 4.78 is 9.56. The van der Waals surface area contributed by atoms with Crippen molar-refractivity contribution in [3.05, 3.63) is 71.9 Å². The van der Waals surface area contributed by atoms with Gasteiger partial charge in [0.25, 0.3) is 0 Å². The van der Waals surface area contributed by atoms with E-state index in [1.807, 2.05) is 72.0 Å².